The minimum atomic E-state index is -0.220. The summed E-state index contributed by atoms with van der Waals surface area (Å²) in [6, 6.07) is 10.9. The molecular weight excluding hydrogens is 285 g/mol. The molecule has 1 aromatic carbocycles. The third-order valence-electron chi connectivity index (χ3n) is 3.07. The van der Waals surface area contributed by atoms with Gasteiger partial charge in [0, 0.05) is 23.3 Å². The summed E-state index contributed by atoms with van der Waals surface area (Å²) in [5, 5.41) is 6.44. The van der Waals surface area contributed by atoms with Gasteiger partial charge in [0.1, 0.15) is 5.82 Å². The molecule has 2 aromatic rings. The number of rotatable bonds is 5. The number of hydrogen-bond acceptors (Lipinski definition) is 2. The number of aryl methyl sites for hydroxylation is 1. The van der Waals surface area contributed by atoms with Gasteiger partial charge in [0.25, 0.3) is 0 Å². The van der Waals surface area contributed by atoms with Gasteiger partial charge >= 0.3 is 0 Å². The molecule has 21 heavy (non-hydrogen) atoms. The van der Waals surface area contributed by atoms with Crippen molar-refractivity contribution in [3.63, 3.8) is 0 Å². The average Bonchev–Trinajstić information content (AvgIpc) is 2.95. The zero-order chi connectivity index (χ0) is 15.1. The van der Waals surface area contributed by atoms with Crippen LogP contribution in [0.1, 0.15) is 22.2 Å². The first-order valence-corrected chi connectivity index (χ1v) is 7.79. The Morgan fingerprint density at radius 1 is 1.14 bits per heavy atom. The molecule has 1 aromatic heterocycles. The van der Waals surface area contributed by atoms with Crippen molar-refractivity contribution in [2.24, 2.45) is 4.99 Å². The first kappa shape index (κ1) is 15.5. The van der Waals surface area contributed by atoms with Gasteiger partial charge in [0.15, 0.2) is 5.96 Å². The number of hydrogen-bond donors (Lipinski definition) is 2. The molecule has 3 nitrogen and oxygen atoms in total. The molecule has 0 fully saturated rings. The number of nitrogens with zero attached hydrogens (tertiary/aromatic N) is 1. The van der Waals surface area contributed by atoms with Gasteiger partial charge in [0.05, 0.1) is 6.54 Å². The second-order valence-corrected chi connectivity index (χ2v) is 5.88. The Morgan fingerprint density at radius 2 is 1.90 bits per heavy atom. The highest BCUT2D eigenvalue weighted by molar-refractivity contribution is 7.11. The molecule has 0 unspecified atom stereocenters. The summed E-state index contributed by atoms with van der Waals surface area (Å²) in [4.78, 5) is 6.83. The van der Waals surface area contributed by atoms with E-state index in [-0.39, 0.29) is 5.82 Å². The fraction of sp³-hybridized carbons (Fsp3) is 0.312. The highest BCUT2D eigenvalue weighted by Crippen LogP contribution is 2.16. The lowest BCUT2D eigenvalue weighted by molar-refractivity contribution is 0.624. The van der Waals surface area contributed by atoms with Gasteiger partial charge in [-0.25, -0.2) is 4.39 Å². The Hall–Kier alpha value is -1.88. The number of halogens is 1. The number of guanidine groups is 1. The first-order valence-electron chi connectivity index (χ1n) is 6.97. The summed E-state index contributed by atoms with van der Waals surface area (Å²) in [7, 11) is 1.73. The van der Waals surface area contributed by atoms with Crippen molar-refractivity contribution in [2.45, 2.75) is 26.4 Å². The summed E-state index contributed by atoms with van der Waals surface area (Å²) in [6.45, 7) is 3.44. The smallest absolute Gasteiger partial charge is 0.191 e. The number of nitrogens with one attached hydrogen (secondary N) is 2. The molecule has 0 amide bonds. The summed E-state index contributed by atoms with van der Waals surface area (Å²) in [6.07, 6.45) is 1.07. The number of aliphatic imine (C=N–C) groups is 1. The molecule has 0 radical (unpaired) electrons. The lowest BCUT2D eigenvalue weighted by Gasteiger charge is -2.11. The monoisotopic (exact) mass is 305 g/mol. The van der Waals surface area contributed by atoms with Crippen molar-refractivity contribution in [2.75, 3.05) is 7.05 Å². The Bertz CT molecular complexity index is 607. The second kappa shape index (κ2) is 7.78. The topological polar surface area (TPSA) is 36.4 Å². The van der Waals surface area contributed by atoms with E-state index in [4.69, 9.17) is 0 Å². The molecule has 5 heteroatoms. The minimum absolute atomic E-state index is 0.220. The van der Waals surface area contributed by atoms with E-state index in [0.717, 1.165) is 18.5 Å². The molecule has 0 saturated carbocycles. The van der Waals surface area contributed by atoms with E-state index in [9.17, 15) is 4.39 Å². The van der Waals surface area contributed by atoms with Gasteiger partial charge in [-0.05, 0) is 36.2 Å². The Kier molecular flexibility index (Phi) is 5.75. The van der Waals surface area contributed by atoms with Crippen LogP contribution in [-0.2, 0) is 19.5 Å². The molecule has 2 rings (SSSR count). The van der Waals surface area contributed by atoms with Crippen LogP contribution in [-0.4, -0.2) is 13.0 Å². The average molecular weight is 305 g/mol. The van der Waals surface area contributed by atoms with Crippen LogP contribution in [0.2, 0.25) is 0 Å². The quantitative estimate of drug-likeness (QED) is 0.657. The van der Waals surface area contributed by atoms with Gasteiger partial charge in [-0.3, -0.25) is 4.99 Å². The van der Waals surface area contributed by atoms with Gasteiger partial charge < -0.3 is 10.6 Å². The van der Waals surface area contributed by atoms with Crippen molar-refractivity contribution in [3.05, 3.63) is 57.5 Å². The molecular formula is C16H20FN3S. The van der Waals surface area contributed by atoms with Crippen LogP contribution >= 0.6 is 11.3 Å². The highest BCUT2D eigenvalue weighted by atomic mass is 32.1. The molecule has 0 aliphatic carbocycles. The lowest BCUT2D eigenvalue weighted by atomic mass is 10.2. The molecule has 0 bridgehead atoms. The number of thiophene rings is 1. The molecule has 0 saturated heterocycles. The van der Waals surface area contributed by atoms with E-state index in [1.165, 1.54) is 21.9 Å². The van der Waals surface area contributed by atoms with Crippen molar-refractivity contribution >= 4 is 17.3 Å². The predicted molar refractivity (Wildman–Crippen MR) is 87.1 cm³/mol. The van der Waals surface area contributed by atoms with Gasteiger partial charge in [0.2, 0.25) is 0 Å². The third-order valence-corrected chi connectivity index (χ3v) is 4.30. The standard InChI is InChI=1S/C16H20FN3S/c1-3-14-7-8-15(21-14)11-20-16(18-2)19-10-12-5-4-6-13(17)9-12/h4-9H,3,10-11H2,1-2H3,(H2,18,19,20). The van der Waals surface area contributed by atoms with Crippen LogP contribution in [0.5, 0.6) is 0 Å². The summed E-state index contributed by atoms with van der Waals surface area (Å²) in [5.74, 6) is 0.494. The van der Waals surface area contributed by atoms with Crippen molar-refractivity contribution in [1.29, 1.82) is 0 Å². The SMILES string of the molecule is CCc1ccc(CNC(=NC)NCc2cccc(F)c2)s1. The molecule has 0 aliphatic rings. The molecule has 0 spiro atoms. The predicted octanol–water partition coefficient (Wildman–Crippen LogP) is 3.31. The maximum atomic E-state index is 13.1. The van der Waals surface area contributed by atoms with E-state index in [1.807, 2.05) is 6.07 Å². The molecule has 0 aliphatic heterocycles. The largest absolute Gasteiger partial charge is 0.352 e. The molecule has 1 heterocycles. The fourth-order valence-electron chi connectivity index (χ4n) is 1.93. The lowest BCUT2D eigenvalue weighted by Crippen LogP contribution is -2.36. The van der Waals surface area contributed by atoms with E-state index >= 15 is 0 Å². The Morgan fingerprint density at radius 3 is 2.57 bits per heavy atom. The summed E-state index contributed by atoms with van der Waals surface area (Å²) < 4.78 is 13.1. The first-order chi connectivity index (χ1) is 10.2. The third kappa shape index (κ3) is 4.86. The zero-order valence-corrected chi connectivity index (χ0v) is 13.1. The number of benzene rings is 1. The van der Waals surface area contributed by atoms with Gasteiger partial charge in [-0.1, -0.05) is 19.1 Å². The highest BCUT2D eigenvalue weighted by Gasteiger charge is 2.02. The van der Waals surface area contributed by atoms with Gasteiger partial charge in [-0.2, -0.15) is 0 Å². The Balaban J connectivity index is 1.83. The van der Waals surface area contributed by atoms with Crippen molar-refractivity contribution in [3.8, 4) is 0 Å². The summed E-state index contributed by atoms with van der Waals surface area (Å²) in [5.41, 5.74) is 0.891. The van der Waals surface area contributed by atoms with Crippen LogP contribution in [0.3, 0.4) is 0 Å². The fourth-order valence-corrected chi connectivity index (χ4v) is 2.83. The van der Waals surface area contributed by atoms with Crippen LogP contribution in [0.15, 0.2) is 41.4 Å². The van der Waals surface area contributed by atoms with E-state index in [1.54, 1.807) is 24.5 Å². The van der Waals surface area contributed by atoms with Crippen LogP contribution < -0.4 is 10.6 Å². The van der Waals surface area contributed by atoms with E-state index in [0.29, 0.717) is 12.5 Å². The maximum Gasteiger partial charge on any atom is 0.191 e. The van der Waals surface area contributed by atoms with Crippen molar-refractivity contribution in [1.82, 2.24) is 10.6 Å². The van der Waals surface area contributed by atoms with Gasteiger partial charge in [-0.15, -0.1) is 11.3 Å². The zero-order valence-electron chi connectivity index (χ0n) is 12.3. The van der Waals surface area contributed by atoms with Crippen LogP contribution in [0.25, 0.3) is 0 Å². The molecule has 0 atom stereocenters. The molecule has 2 N–H and O–H groups in total. The van der Waals surface area contributed by atoms with Crippen LogP contribution in [0.4, 0.5) is 4.39 Å². The second-order valence-electron chi connectivity index (χ2n) is 4.63. The summed E-state index contributed by atoms with van der Waals surface area (Å²) >= 11 is 1.81. The van der Waals surface area contributed by atoms with Crippen LogP contribution in [0, 0.1) is 5.82 Å². The molecule has 112 valence electrons. The maximum absolute atomic E-state index is 13.1. The van der Waals surface area contributed by atoms with E-state index in [2.05, 4.69) is 34.7 Å². The van der Waals surface area contributed by atoms with E-state index < -0.39 is 0 Å². The normalized spacial score (nSPS) is 11.5. The Labute approximate surface area is 128 Å². The van der Waals surface area contributed by atoms with Crippen molar-refractivity contribution < 1.29 is 4.39 Å². The minimum Gasteiger partial charge on any atom is -0.352 e.